The Balaban J connectivity index is 1.48. The van der Waals surface area contributed by atoms with Crippen LogP contribution in [-0.2, 0) is 4.79 Å². The molecule has 0 radical (unpaired) electrons. The van der Waals surface area contributed by atoms with Crippen molar-refractivity contribution in [3.8, 4) is 11.1 Å². The van der Waals surface area contributed by atoms with Gasteiger partial charge in [-0.25, -0.2) is 0 Å². The maximum Gasteiger partial charge on any atom is 0.251 e. The molecule has 0 atom stereocenters. The molecule has 0 aliphatic rings. The molecule has 0 heterocycles. The van der Waals surface area contributed by atoms with Crippen LogP contribution < -0.4 is 10.6 Å². The molecule has 0 saturated carbocycles. The SMILES string of the molecule is Cc1ccccc1C(=O)NCCC(=O)Nc1ccc(-c2ccccc2)cc1. The fourth-order valence-corrected chi connectivity index (χ4v) is 2.81. The van der Waals surface area contributed by atoms with Crippen molar-refractivity contribution >= 4 is 17.5 Å². The van der Waals surface area contributed by atoms with Crippen molar-refractivity contribution in [1.29, 1.82) is 0 Å². The lowest BCUT2D eigenvalue weighted by molar-refractivity contribution is -0.116. The van der Waals surface area contributed by atoms with Gasteiger partial charge in [0.05, 0.1) is 0 Å². The predicted molar refractivity (Wildman–Crippen MR) is 109 cm³/mol. The van der Waals surface area contributed by atoms with Crippen molar-refractivity contribution in [3.05, 3.63) is 90.0 Å². The third-order valence-electron chi connectivity index (χ3n) is 4.30. The summed E-state index contributed by atoms with van der Waals surface area (Å²) in [4.78, 5) is 24.2. The van der Waals surface area contributed by atoms with E-state index in [1.165, 1.54) is 0 Å². The van der Waals surface area contributed by atoms with Crippen LogP contribution in [0.15, 0.2) is 78.9 Å². The zero-order valence-corrected chi connectivity index (χ0v) is 15.2. The first-order valence-corrected chi connectivity index (χ1v) is 8.92. The largest absolute Gasteiger partial charge is 0.352 e. The van der Waals surface area contributed by atoms with E-state index in [9.17, 15) is 9.59 Å². The molecule has 0 fully saturated rings. The highest BCUT2D eigenvalue weighted by Gasteiger charge is 2.09. The molecule has 2 N–H and O–H groups in total. The first kappa shape index (κ1) is 18.4. The van der Waals surface area contributed by atoms with Gasteiger partial charge in [0.15, 0.2) is 0 Å². The first-order chi connectivity index (χ1) is 13.1. The van der Waals surface area contributed by atoms with Crippen LogP contribution in [0.3, 0.4) is 0 Å². The molecule has 0 bridgehead atoms. The number of aryl methyl sites for hydroxylation is 1. The number of rotatable bonds is 6. The molecule has 136 valence electrons. The van der Waals surface area contributed by atoms with E-state index in [0.717, 1.165) is 22.4 Å². The zero-order chi connectivity index (χ0) is 19.1. The van der Waals surface area contributed by atoms with Crippen molar-refractivity contribution in [2.45, 2.75) is 13.3 Å². The molecular formula is C23H22N2O2. The summed E-state index contributed by atoms with van der Waals surface area (Å²) in [7, 11) is 0. The Labute approximate surface area is 159 Å². The van der Waals surface area contributed by atoms with Crippen LogP contribution >= 0.6 is 0 Å². The van der Waals surface area contributed by atoms with Gasteiger partial charge in [-0.1, -0.05) is 60.7 Å². The second kappa shape index (κ2) is 8.81. The molecule has 3 rings (SSSR count). The second-order valence-corrected chi connectivity index (χ2v) is 6.31. The lowest BCUT2D eigenvalue weighted by Crippen LogP contribution is -2.28. The first-order valence-electron chi connectivity index (χ1n) is 8.92. The van der Waals surface area contributed by atoms with Gasteiger partial charge in [0.1, 0.15) is 0 Å². The zero-order valence-electron chi connectivity index (χ0n) is 15.2. The number of anilines is 1. The van der Waals surface area contributed by atoms with Gasteiger partial charge >= 0.3 is 0 Å². The minimum atomic E-state index is -0.159. The summed E-state index contributed by atoms with van der Waals surface area (Å²) in [5, 5.41) is 5.64. The Kier molecular flexibility index (Phi) is 6.00. The molecule has 3 aromatic carbocycles. The molecule has 0 aromatic heterocycles. The molecule has 4 nitrogen and oxygen atoms in total. The number of amides is 2. The molecule has 0 aliphatic heterocycles. The van der Waals surface area contributed by atoms with Crippen molar-refractivity contribution in [1.82, 2.24) is 5.32 Å². The third kappa shape index (κ3) is 5.05. The summed E-state index contributed by atoms with van der Waals surface area (Å²) in [6, 6.07) is 25.2. The van der Waals surface area contributed by atoms with Gasteiger partial charge in [-0.3, -0.25) is 9.59 Å². The number of carbonyl (C=O) groups excluding carboxylic acids is 2. The van der Waals surface area contributed by atoms with E-state index in [2.05, 4.69) is 10.6 Å². The standard InChI is InChI=1S/C23H22N2O2/c1-17-7-5-6-10-21(17)23(27)24-16-15-22(26)25-20-13-11-19(12-14-20)18-8-3-2-4-9-18/h2-14H,15-16H2,1H3,(H,24,27)(H,25,26). The van der Waals surface area contributed by atoms with E-state index in [0.29, 0.717) is 12.1 Å². The molecule has 0 saturated heterocycles. The van der Waals surface area contributed by atoms with E-state index in [1.54, 1.807) is 6.07 Å². The smallest absolute Gasteiger partial charge is 0.251 e. The minimum Gasteiger partial charge on any atom is -0.352 e. The topological polar surface area (TPSA) is 58.2 Å². The van der Waals surface area contributed by atoms with E-state index >= 15 is 0 Å². The average Bonchev–Trinajstić information content (AvgIpc) is 2.69. The van der Waals surface area contributed by atoms with Crippen molar-refractivity contribution in [3.63, 3.8) is 0 Å². The molecule has 4 heteroatoms. The predicted octanol–water partition coefficient (Wildman–Crippen LogP) is 4.42. The molecular weight excluding hydrogens is 336 g/mol. The van der Waals surface area contributed by atoms with Crippen LogP contribution in [0.1, 0.15) is 22.3 Å². The van der Waals surface area contributed by atoms with E-state index in [1.807, 2.05) is 79.7 Å². The summed E-state index contributed by atoms with van der Waals surface area (Å²) in [5.41, 5.74) is 4.52. The van der Waals surface area contributed by atoms with Gasteiger partial charge < -0.3 is 10.6 Å². The Morgan fingerprint density at radius 1 is 0.778 bits per heavy atom. The van der Waals surface area contributed by atoms with Crippen LogP contribution in [-0.4, -0.2) is 18.4 Å². The average molecular weight is 358 g/mol. The minimum absolute atomic E-state index is 0.132. The van der Waals surface area contributed by atoms with Crippen molar-refractivity contribution < 1.29 is 9.59 Å². The van der Waals surface area contributed by atoms with Crippen LogP contribution in [0.25, 0.3) is 11.1 Å². The lowest BCUT2D eigenvalue weighted by atomic mass is 10.1. The van der Waals surface area contributed by atoms with Crippen molar-refractivity contribution in [2.24, 2.45) is 0 Å². The van der Waals surface area contributed by atoms with Gasteiger partial charge in [-0.05, 0) is 41.8 Å². The quantitative estimate of drug-likeness (QED) is 0.685. The molecule has 27 heavy (non-hydrogen) atoms. The van der Waals surface area contributed by atoms with E-state index in [-0.39, 0.29) is 18.2 Å². The van der Waals surface area contributed by atoms with Crippen molar-refractivity contribution in [2.75, 3.05) is 11.9 Å². The van der Waals surface area contributed by atoms with Gasteiger partial charge in [0, 0.05) is 24.2 Å². The highest BCUT2D eigenvalue weighted by molar-refractivity contribution is 5.96. The third-order valence-corrected chi connectivity index (χ3v) is 4.30. The number of benzene rings is 3. The number of hydrogen-bond acceptors (Lipinski definition) is 2. The summed E-state index contributed by atoms with van der Waals surface area (Å²) < 4.78 is 0. The summed E-state index contributed by atoms with van der Waals surface area (Å²) in [5.74, 6) is -0.291. The van der Waals surface area contributed by atoms with Gasteiger partial charge in [-0.2, -0.15) is 0 Å². The Bertz CT molecular complexity index is 919. The highest BCUT2D eigenvalue weighted by Crippen LogP contribution is 2.21. The maximum atomic E-state index is 12.1. The maximum absolute atomic E-state index is 12.1. The number of nitrogens with one attached hydrogen (secondary N) is 2. The molecule has 0 spiro atoms. The van der Waals surface area contributed by atoms with E-state index in [4.69, 9.17) is 0 Å². The Morgan fingerprint density at radius 2 is 1.41 bits per heavy atom. The molecule has 0 aliphatic carbocycles. The van der Waals surface area contributed by atoms with Gasteiger partial charge in [0.25, 0.3) is 5.91 Å². The molecule has 3 aromatic rings. The highest BCUT2D eigenvalue weighted by atomic mass is 16.2. The van der Waals surface area contributed by atoms with Gasteiger partial charge in [0.2, 0.25) is 5.91 Å². The fraction of sp³-hybridized carbons (Fsp3) is 0.130. The van der Waals surface area contributed by atoms with Crippen LogP contribution in [0.4, 0.5) is 5.69 Å². The Hall–Kier alpha value is -3.40. The molecule has 0 unspecified atom stereocenters. The summed E-state index contributed by atoms with van der Waals surface area (Å²) >= 11 is 0. The Morgan fingerprint density at radius 3 is 2.11 bits per heavy atom. The summed E-state index contributed by atoms with van der Waals surface area (Å²) in [6.07, 6.45) is 0.220. The molecule has 2 amide bonds. The van der Waals surface area contributed by atoms with Crippen LogP contribution in [0.2, 0.25) is 0 Å². The fourth-order valence-electron chi connectivity index (χ4n) is 2.81. The normalized spacial score (nSPS) is 10.3. The monoisotopic (exact) mass is 358 g/mol. The number of hydrogen-bond donors (Lipinski definition) is 2. The van der Waals surface area contributed by atoms with Crippen LogP contribution in [0, 0.1) is 6.92 Å². The summed E-state index contributed by atoms with van der Waals surface area (Å²) in [6.45, 7) is 2.18. The number of carbonyl (C=O) groups is 2. The van der Waals surface area contributed by atoms with Gasteiger partial charge in [-0.15, -0.1) is 0 Å². The lowest BCUT2D eigenvalue weighted by Gasteiger charge is -2.09. The van der Waals surface area contributed by atoms with Crippen LogP contribution in [0.5, 0.6) is 0 Å². The van der Waals surface area contributed by atoms with E-state index < -0.39 is 0 Å². The second-order valence-electron chi connectivity index (χ2n) is 6.31.